The Kier molecular flexibility index (Phi) is 10.8. The Morgan fingerprint density at radius 3 is 2.50 bits per heavy atom. The van der Waals surface area contributed by atoms with Crippen molar-refractivity contribution in [3.63, 3.8) is 0 Å². The Balaban J connectivity index is 3.86. The van der Waals surface area contributed by atoms with Gasteiger partial charge < -0.3 is 15.3 Å². The average Bonchev–Trinajstić information content (AvgIpc) is 2.41. The van der Waals surface area contributed by atoms with Crippen molar-refractivity contribution < 1.29 is 20.1 Å². The largest absolute Gasteiger partial charge is 0.481 e. The maximum atomic E-state index is 10.3. The first-order valence-electron chi connectivity index (χ1n) is 6.42. The highest BCUT2D eigenvalue weighted by atomic mass is 16.4. The molecule has 0 fully saturated rings. The van der Waals surface area contributed by atoms with Crippen LogP contribution in [-0.2, 0) is 4.79 Å². The lowest BCUT2D eigenvalue weighted by molar-refractivity contribution is -0.137. The zero-order valence-corrected chi connectivity index (χ0v) is 11.4. The molecule has 0 amide bonds. The van der Waals surface area contributed by atoms with Crippen LogP contribution in [0.5, 0.6) is 0 Å². The fourth-order valence-corrected chi connectivity index (χ4v) is 1.41. The van der Waals surface area contributed by atoms with E-state index in [9.17, 15) is 15.0 Å². The Labute approximate surface area is 119 Å². The highest BCUT2D eigenvalue weighted by Crippen LogP contribution is 2.09. The number of carbonyl (C=O) groups is 1. The predicted octanol–water partition coefficient (Wildman–Crippen LogP) is 1.49. The van der Waals surface area contributed by atoms with Crippen molar-refractivity contribution in [1.29, 1.82) is 0 Å². The van der Waals surface area contributed by atoms with E-state index < -0.39 is 18.2 Å². The van der Waals surface area contributed by atoms with Crippen LogP contribution in [0.25, 0.3) is 0 Å². The van der Waals surface area contributed by atoms with Crippen LogP contribution in [-0.4, -0.2) is 33.5 Å². The first kappa shape index (κ1) is 18.0. The number of allylic oxidation sites excluding steroid dienone is 2. The zero-order chi connectivity index (χ0) is 15.2. The molecule has 0 aliphatic carbocycles. The molecule has 0 unspecified atom stereocenters. The van der Waals surface area contributed by atoms with Crippen molar-refractivity contribution in [3.8, 4) is 23.7 Å². The molecule has 0 aromatic rings. The van der Waals surface area contributed by atoms with E-state index in [1.165, 1.54) is 6.08 Å². The van der Waals surface area contributed by atoms with Crippen LogP contribution in [0.1, 0.15) is 32.1 Å². The summed E-state index contributed by atoms with van der Waals surface area (Å²) in [4.78, 5) is 10.3. The number of aliphatic hydroxyl groups is 2. The monoisotopic (exact) mass is 276 g/mol. The van der Waals surface area contributed by atoms with Gasteiger partial charge in [-0.25, -0.2) is 0 Å². The molecule has 0 aromatic heterocycles. The van der Waals surface area contributed by atoms with Crippen LogP contribution in [0.15, 0.2) is 24.8 Å². The zero-order valence-electron chi connectivity index (χ0n) is 11.4. The molecule has 0 spiro atoms. The standard InChI is InChI=1S/C16H20O4/c1-2-3-4-5-6-7-8-11-14(17)15(18)12-9-10-13-16(19)20/h2,7-8,14-15,17-18H,1,9-13H2,(H,19,20)/b8-7+/t14-,15+/m1/s1. The Hall–Kier alpha value is -2.01. The molecule has 0 aliphatic rings. The number of hydrogen-bond acceptors (Lipinski definition) is 3. The summed E-state index contributed by atoms with van der Waals surface area (Å²) >= 11 is 0. The second-order valence-electron chi connectivity index (χ2n) is 4.16. The quantitative estimate of drug-likeness (QED) is 0.463. The molecule has 108 valence electrons. The van der Waals surface area contributed by atoms with Crippen molar-refractivity contribution in [1.82, 2.24) is 0 Å². The van der Waals surface area contributed by atoms with Gasteiger partial charge >= 0.3 is 5.97 Å². The van der Waals surface area contributed by atoms with Crippen molar-refractivity contribution in [2.75, 3.05) is 0 Å². The van der Waals surface area contributed by atoms with Crippen molar-refractivity contribution in [3.05, 3.63) is 24.8 Å². The lowest BCUT2D eigenvalue weighted by Crippen LogP contribution is -2.25. The van der Waals surface area contributed by atoms with E-state index in [-0.39, 0.29) is 6.42 Å². The lowest BCUT2D eigenvalue weighted by atomic mass is 10.0. The van der Waals surface area contributed by atoms with Gasteiger partial charge in [0.15, 0.2) is 0 Å². The molecule has 2 atom stereocenters. The number of aliphatic carboxylic acids is 1. The van der Waals surface area contributed by atoms with Gasteiger partial charge in [0.25, 0.3) is 0 Å². The molecule has 20 heavy (non-hydrogen) atoms. The Bertz CT molecular complexity index is 443. The fourth-order valence-electron chi connectivity index (χ4n) is 1.41. The van der Waals surface area contributed by atoms with E-state index in [2.05, 4.69) is 30.3 Å². The topological polar surface area (TPSA) is 77.8 Å². The second kappa shape index (κ2) is 12.0. The maximum absolute atomic E-state index is 10.3. The number of unbranched alkanes of at least 4 members (excludes halogenated alkanes) is 1. The molecule has 0 rings (SSSR count). The normalized spacial score (nSPS) is 12.7. The van der Waals surface area contributed by atoms with Gasteiger partial charge in [-0.3, -0.25) is 4.79 Å². The molecule has 3 N–H and O–H groups in total. The predicted molar refractivity (Wildman–Crippen MR) is 77.6 cm³/mol. The number of aliphatic hydroxyl groups excluding tert-OH is 2. The molecule has 4 nitrogen and oxygen atoms in total. The third-order valence-electron chi connectivity index (χ3n) is 2.47. The summed E-state index contributed by atoms with van der Waals surface area (Å²) in [6.07, 6.45) is 4.81. The van der Waals surface area contributed by atoms with E-state index >= 15 is 0 Å². The number of carboxylic acid groups (broad SMARTS) is 1. The van der Waals surface area contributed by atoms with Gasteiger partial charge in [0.2, 0.25) is 0 Å². The number of carboxylic acids is 1. The van der Waals surface area contributed by atoms with Gasteiger partial charge in [-0.2, -0.15) is 0 Å². The molecule has 0 aromatic carbocycles. The van der Waals surface area contributed by atoms with Gasteiger partial charge in [0.1, 0.15) is 0 Å². The maximum Gasteiger partial charge on any atom is 0.303 e. The van der Waals surface area contributed by atoms with Crippen LogP contribution < -0.4 is 0 Å². The van der Waals surface area contributed by atoms with Crippen LogP contribution in [0.2, 0.25) is 0 Å². The van der Waals surface area contributed by atoms with Crippen LogP contribution in [0, 0.1) is 23.7 Å². The van der Waals surface area contributed by atoms with Crippen LogP contribution in [0.3, 0.4) is 0 Å². The van der Waals surface area contributed by atoms with Crippen molar-refractivity contribution >= 4 is 5.97 Å². The molecular formula is C16H20O4. The van der Waals surface area contributed by atoms with Gasteiger partial charge in [-0.15, -0.1) is 0 Å². The average molecular weight is 276 g/mol. The lowest BCUT2D eigenvalue weighted by Gasteiger charge is -2.15. The van der Waals surface area contributed by atoms with Gasteiger partial charge in [-0.1, -0.05) is 30.9 Å². The molecular weight excluding hydrogens is 256 g/mol. The summed E-state index contributed by atoms with van der Waals surface area (Å²) in [7, 11) is 0. The smallest absolute Gasteiger partial charge is 0.303 e. The Morgan fingerprint density at radius 2 is 1.85 bits per heavy atom. The summed E-state index contributed by atoms with van der Waals surface area (Å²) in [6.45, 7) is 3.42. The minimum Gasteiger partial charge on any atom is -0.481 e. The molecule has 0 heterocycles. The molecule has 0 radical (unpaired) electrons. The van der Waals surface area contributed by atoms with Gasteiger partial charge in [-0.05, 0) is 43.3 Å². The minimum absolute atomic E-state index is 0.0874. The minimum atomic E-state index is -0.864. The molecule has 4 heteroatoms. The van der Waals surface area contributed by atoms with E-state index in [1.54, 1.807) is 12.2 Å². The summed E-state index contributed by atoms with van der Waals surface area (Å²) < 4.78 is 0. The van der Waals surface area contributed by atoms with Gasteiger partial charge in [0, 0.05) is 6.42 Å². The summed E-state index contributed by atoms with van der Waals surface area (Å²) in [5.41, 5.74) is 0. The molecule has 0 bridgehead atoms. The summed E-state index contributed by atoms with van der Waals surface area (Å²) in [6, 6.07) is 0. The third-order valence-corrected chi connectivity index (χ3v) is 2.47. The van der Waals surface area contributed by atoms with E-state index in [0.29, 0.717) is 25.7 Å². The van der Waals surface area contributed by atoms with E-state index in [4.69, 9.17) is 5.11 Å². The highest BCUT2D eigenvalue weighted by Gasteiger charge is 2.14. The van der Waals surface area contributed by atoms with Gasteiger partial charge in [0.05, 0.1) is 12.2 Å². The summed E-state index contributed by atoms with van der Waals surface area (Å²) in [5.74, 6) is 9.52. The first-order valence-corrected chi connectivity index (χ1v) is 6.42. The fraction of sp³-hybridized carbons (Fsp3) is 0.438. The third kappa shape index (κ3) is 11.1. The summed E-state index contributed by atoms with van der Waals surface area (Å²) in [5, 5.41) is 27.8. The number of rotatable bonds is 8. The second-order valence-corrected chi connectivity index (χ2v) is 4.16. The number of hydrogen-bond donors (Lipinski definition) is 3. The molecule has 0 saturated heterocycles. The molecule has 0 aliphatic heterocycles. The van der Waals surface area contributed by atoms with E-state index in [1.807, 2.05) is 0 Å². The SMILES string of the molecule is C=CC#CC#C/C=C/C[C@@H](O)[C@@H](O)CCCCC(=O)O. The Morgan fingerprint density at radius 1 is 1.15 bits per heavy atom. The van der Waals surface area contributed by atoms with Crippen LogP contribution in [0.4, 0.5) is 0 Å². The van der Waals surface area contributed by atoms with Crippen molar-refractivity contribution in [2.24, 2.45) is 0 Å². The molecule has 0 saturated carbocycles. The highest BCUT2D eigenvalue weighted by molar-refractivity contribution is 5.66. The van der Waals surface area contributed by atoms with Crippen LogP contribution >= 0.6 is 0 Å². The van der Waals surface area contributed by atoms with Crippen molar-refractivity contribution in [2.45, 2.75) is 44.3 Å². The first-order chi connectivity index (χ1) is 9.57. The van der Waals surface area contributed by atoms with E-state index in [0.717, 1.165) is 0 Å².